The van der Waals surface area contributed by atoms with Crippen molar-refractivity contribution in [3.8, 4) is 0 Å². The lowest BCUT2D eigenvalue weighted by atomic mass is 10.4. The largest absolute Gasteiger partial charge is 0.477 e. The molecule has 0 rings (SSSR count). The molecule has 62 valence electrons. The molecule has 0 radical (unpaired) electrons. The van der Waals surface area contributed by atoms with Crippen molar-refractivity contribution < 1.29 is 4.74 Å². The standard InChI is InChI=1S/C8H14N2O/c1-4-5-6-11-8(10-3)7-9-2/h7H,2-6H2,1H3/b8-7+. The molecule has 0 saturated heterocycles. The first-order valence-corrected chi connectivity index (χ1v) is 3.60. The van der Waals surface area contributed by atoms with Crippen LogP contribution in [0.25, 0.3) is 0 Å². The molecule has 0 aliphatic rings. The van der Waals surface area contributed by atoms with Crippen LogP contribution in [0.4, 0.5) is 0 Å². The molecule has 0 aliphatic heterocycles. The van der Waals surface area contributed by atoms with Crippen molar-refractivity contribution >= 4 is 13.4 Å². The number of nitrogens with zero attached hydrogens (tertiary/aromatic N) is 2. The number of hydrogen-bond acceptors (Lipinski definition) is 3. The zero-order chi connectivity index (χ0) is 8.53. The van der Waals surface area contributed by atoms with Crippen molar-refractivity contribution in [2.45, 2.75) is 19.8 Å². The molecule has 0 aromatic carbocycles. The van der Waals surface area contributed by atoms with Crippen LogP contribution >= 0.6 is 0 Å². The molecular weight excluding hydrogens is 140 g/mol. The summed E-state index contributed by atoms with van der Waals surface area (Å²) in [6.45, 7) is 9.37. The van der Waals surface area contributed by atoms with Gasteiger partial charge in [0.15, 0.2) is 0 Å². The lowest BCUT2D eigenvalue weighted by Crippen LogP contribution is -1.91. The predicted octanol–water partition coefficient (Wildman–Crippen LogP) is 2.00. The summed E-state index contributed by atoms with van der Waals surface area (Å²) in [5, 5.41) is 0. The van der Waals surface area contributed by atoms with Gasteiger partial charge in [-0.05, 0) is 19.9 Å². The first kappa shape index (κ1) is 9.88. The van der Waals surface area contributed by atoms with Crippen LogP contribution in [0.3, 0.4) is 0 Å². The second kappa shape index (κ2) is 6.99. The summed E-state index contributed by atoms with van der Waals surface area (Å²) < 4.78 is 5.17. The highest BCUT2D eigenvalue weighted by molar-refractivity contribution is 5.29. The average molecular weight is 154 g/mol. The second-order valence-electron chi connectivity index (χ2n) is 2.01. The summed E-state index contributed by atoms with van der Waals surface area (Å²) in [6.07, 6.45) is 3.57. The second-order valence-corrected chi connectivity index (χ2v) is 2.01. The van der Waals surface area contributed by atoms with E-state index in [1.807, 2.05) is 0 Å². The normalized spacial score (nSPS) is 10.8. The van der Waals surface area contributed by atoms with Crippen molar-refractivity contribution in [1.82, 2.24) is 0 Å². The number of hydrogen-bond donors (Lipinski definition) is 0. The molecule has 0 N–H and O–H groups in total. The monoisotopic (exact) mass is 154 g/mol. The fourth-order valence-electron chi connectivity index (χ4n) is 0.523. The third-order valence-corrected chi connectivity index (χ3v) is 1.11. The highest BCUT2D eigenvalue weighted by Gasteiger charge is 1.90. The minimum absolute atomic E-state index is 0.438. The molecule has 3 heteroatoms. The topological polar surface area (TPSA) is 34.0 Å². The van der Waals surface area contributed by atoms with Crippen LogP contribution in [-0.2, 0) is 4.74 Å². The van der Waals surface area contributed by atoms with Crippen molar-refractivity contribution in [2.24, 2.45) is 9.98 Å². The van der Waals surface area contributed by atoms with Crippen LogP contribution in [0.1, 0.15) is 19.8 Å². The van der Waals surface area contributed by atoms with Gasteiger partial charge in [-0.15, -0.1) is 0 Å². The fourth-order valence-corrected chi connectivity index (χ4v) is 0.523. The van der Waals surface area contributed by atoms with Crippen LogP contribution in [0, 0.1) is 0 Å². The smallest absolute Gasteiger partial charge is 0.231 e. The molecule has 0 atom stereocenters. The van der Waals surface area contributed by atoms with Gasteiger partial charge < -0.3 is 4.74 Å². The molecule has 0 spiro atoms. The molecule has 0 bridgehead atoms. The highest BCUT2D eigenvalue weighted by atomic mass is 16.5. The summed E-state index contributed by atoms with van der Waals surface area (Å²) in [7, 11) is 0. The van der Waals surface area contributed by atoms with E-state index in [9.17, 15) is 0 Å². The zero-order valence-corrected chi connectivity index (χ0v) is 6.92. The van der Waals surface area contributed by atoms with Crippen LogP contribution in [0.15, 0.2) is 22.1 Å². The van der Waals surface area contributed by atoms with Crippen molar-refractivity contribution in [1.29, 1.82) is 0 Å². The molecule has 0 unspecified atom stereocenters. The third-order valence-electron chi connectivity index (χ3n) is 1.11. The number of aliphatic imine (C=N–C) groups is 2. The van der Waals surface area contributed by atoms with Gasteiger partial charge in [0.05, 0.1) is 12.8 Å². The van der Waals surface area contributed by atoms with E-state index in [1.54, 1.807) is 0 Å². The molecule has 0 aromatic rings. The van der Waals surface area contributed by atoms with Crippen molar-refractivity contribution in [3.63, 3.8) is 0 Å². The van der Waals surface area contributed by atoms with E-state index in [4.69, 9.17) is 4.74 Å². The van der Waals surface area contributed by atoms with Crippen molar-refractivity contribution in [2.75, 3.05) is 6.61 Å². The minimum atomic E-state index is 0.438. The maximum absolute atomic E-state index is 5.17. The Morgan fingerprint density at radius 3 is 2.73 bits per heavy atom. The van der Waals surface area contributed by atoms with Gasteiger partial charge in [-0.1, -0.05) is 13.3 Å². The predicted molar refractivity (Wildman–Crippen MR) is 48.0 cm³/mol. The zero-order valence-electron chi connectivity index (χ0n) is 6.92. The maximum atomic E-state index is 5.17. The van der Waals surface area contributed by atoms with Gasteiger partial charge in [0.25, 0.3) is 0 Å². The summed E-state index contributed by atoms with van der Waals surface area (Å²) in [6, 6.07) is 0. The van der Waals surface area contributed by atoms with Crippen LogP contribution in [0.2, 0.25) is 0 Å². The first-order chi connectivity index (χ1) is 5.35. The molecule has 0 aliphatic carbocycles. The molecule has 0 heterocycles. The van der Waals surface area contributed by atoms with Crippen LogP contribution in [0.5, 0.6) is 0 Å². The number of unbranched alkanes of at least 4 members (excludes halogenated alkanes) is 1. The molecule has 0 saturated carbocycles. The summed E-state index contributed by atoms with van der Waals surface area (Å²) in [5.41, 5.74) is 0. The molecule has 0 amide bonds. The Morgan fingerprint density at radius 1 is 1.55 bits per heavy atom. The molecular formula is C8H14N2O. The Kier molecular flexibility index (Phi) is 6.28. The molecule has 0 fully saturated rings. The molecule has 0 aromatic heterocycles. The van der Waals surface area contributed by atoms with Gasteiger partial charge >= 0.3 is 0 Å². The third kappa shape index (κ3) is 5.33. The van der Waals surface area contributed by atoms with Gasteiger partial charge in [-0.2, -0.15) is 0 Å². The van der Waals surface area contributed by atoms with E-state index in [0.717, 1.165) is 12.8 Å². The Bertz CT molecular complexity index is 152. The van der Waals surface area contributed by atoms with E-state index < -0.39 is 0 Å². The summed E-state index contributed by atoms with van der Waals surface area (Å²) in [5.74, 6) is 0.438. The number of rotatable bonds is 6. The quantitative estimate of drug-likeness (QED) is 0.327. The molecule has 11 heavy (non-hydrogen) atoms. The Morgan fingerprint density at radius 2 is 2.27 bits per heavy atom. The number of ether oxygens (including phenoxy) is 1. The van der Waals surface area contributed by atoms with Gasteiger partial charge in [0.1, 0.15) is 0 Å². The van der Waals surface area contributed by atoms with Crippen LogP contribution in [-0.4, -0.2) is 20.0 Å². The molecule has 3 nitrogen and oxygen atoms in total. The maximum Gasteiger partial charge on any atom is 0.231 e. The average Bonchev–Trinajstić information content (AvgIpc) is 2.03. The van der Waals surface area contributed by atoms with E-state index >= 15 is 0 Å². The highest BCUT2D eigenvalue weighted by Crippen LogP contribution is 2.00. The van der Waals surface area contributed by atoms with Crippen LogP contribution < -0.4 is 0 Å². The van der Waals surface area contributed by atoms with Gasteiger partial charge in [-0.3, -0.25) is 4.99 Å². The van der Waals surface area contributed by atoms with Crippen molar-refractivity contribution in [3.05, 3.63) is 12.1 Å². The van der Waals surface area contributed by atoms with Gasteiger partial charge in [-0.25, -0.2) is 4.99 Å². The van der Waals surface area contributed by atoms with Gasteiger partial charge in [0, 0.05) is 0 Å². The van der Waals surface area contributed by atoms with Gasteiger partial charge in [0.2, 0.25) is 5.88 Å². The van der Waals surface area contributed by atoms with E-state index in [0.29, 0.717) is 12.5 Å². The first-order valence-electron chi connectivity index (χ1n) is 3.60. The Hall–Kier alpha value is -1.12. The minimum Gasteiger partial charge on any atom is -0.477 e. The van der Waals surface area contributed by atoms with E-state index in [2.05, 4.69) is 30.3 Å². The van der Waals surface area contributed by atoms with E-state index in [-0.39, 0.29) is 0 Å². The Balaban J connectivity index is 3.60. The fraction of sp³-hybridized carbons (Fsp3) is 0.500. The SMILES string of the molecule is C=N/C=C(\N=C)OCCCC. The summed E-state index contributed by atoms with van der Waals surface area (Å²) >= 11 is 0. The lowest BCUT2D eigenvalue weighted by molar-refractivity contribution is 0.205. The summed E-state index contributed by atoms with van der Waals surface area (Å²) in [4.78, 5) is 7.12. The lowest BCUT2D eigenvalue weighted by Gasteiger charge is -2.02. The van der Waals surface area contributed by atoms with E-state index in [1.165, 1.54) is 6.20 Å². The Labute approximate surface area is 67.5 Å².